The number of benzene rings is 3. The maximum atomic E-state index is 13.7. The van der Waals surface area contributed by atoms with Crippen molar-refractivity contribution < 1.29 is 14.3 Å². The molecule has 5 rings (SSSR count). The molecule has 5 nitrogen and oxygen atoms in total. The number of rotatable bonds is 9. The van der Waals surface area contributed by atoms with Crippen LogP contribution in [0.15, 0.2) is 71.6 Å². The summed E-state index contributed by atoms with van der Waals surface area (Å²) in [7, 11) is 1.67. The molecule has 2 aliphatic rings. The summed E-state index contributed by atoms with van der Waals surface area (Å²) in [5, 5.41) is 3.62. The number of fused-ring (bicyclic) bond motifs is 1. The Morgan fingerprint density at radius 1 is 1.00 bits per heavy atom. The van der Waals surface area contributed by atoms with Crippen molar-refractivity contribution in [3.63, 3.8) is 0 Å². The Hall–Kier alpha value is -2.96. The first kappa shape index (κ1) is 23.8. The minimum atomic E-state index is 0.104. The standard InChI is InChI=1S/C29H32N2O3S/c1-33-24-9-7-22(8-10-24)18-31-19-25-27(35-20-23-5-3-2-4-6-23)12-11-26(28(25)29(31)32)30-17-21-13-15-34-16-14-21/h2-12,21,30H,13-20H2,1H3. The zero-order valence-corrected chi connectivity index (χ0v) is 21.0. The van der Waals surface area contributed by atoms with Gasteiger partial charge >= 0.3 is 0 Å². The first-order valence-corrected chi connectivity index (χ1v) is 13.3. The van der Waals surface area contributed by atoms with Crippen molar-refractivity contribution in [3.05, 3.63) is 89.0 Å². The van der Waals surface area contributed by atoms with E-state index in [0.717, 1.165) is 66.5 Å². The minimum Gasteiger partial charge on any atom is -0.497 e. The van der Waals surface area contributed by atoms with Crippen molar-refractivity contribution in [2.75, 3.05) is 32.2 Å². The summed E-state index contributed by atoms with van der Waals surface area (Å²) >= 11 is 1.81. The second-order valence-electron chi connectivity index (χ2n) is 9.19. The number of thioether (sulfide) groups is 1. The summed E-state index contributed by atoms with van der Waals surface area (Å²) in [6.45, 7) is 3.74. The van der Waals surface area contributed by atoms with Gasteiger partial charge in [0.15, 0.2) is 0 Å². The summed E-state index contributed by atoms with van der Waals surface area (Å²) in [5.74, 6) is 2.39. The fourth-order valence-corrected chi connectivity index (χ4v) is 5.77. The lowest BCUT2D eigenvalue weighted by molar-refractivity contribution is 0.0698. The Morgan fingerprint density at radius 3 is 2.51 bits per heavy atom. The van der Waals surface area contributed by atoms with Crippen LogP contribution in [0.4, 0.5) is 5.69 Å². The number of ether oxygens (including phenoxy) is 2. The number of nitrogens with one attached hydrogen (secondary N) is 1. The molecule has 0 saturated carbocycles. The molecular formula is C29H32N2O3S. The molecule has 0 atom stereocenters. The molecule has 1 amide bonds. The summed E-state index contributed by atoms with van der Waals surface area (Å²) in [4.78, 5) is 16.8. The third-order valence-electron chi connectivity index (χ3n) is 6.81. The van der Waals surface area contributed by atoms with Crippen LogP contribution in [0, 0.1) is 5.92 Å². The molecule has 35 heavy (non-hydrogen) atoms. The highest BCUT2D eigenvalue weighted by atomic mass is 32.2. The lowest BCUT2D eigenvalue weighted by Gasteiger charge is -2.23. The number of nitrogens with zero attached hydrogens (tertiary/aromatic N) is 1. The van der Waals surface area contributed by atoms with E-state index in [1.165, 1.54) is 10.5 Å². The highest BCUT2D eigenvalue weighted by Crippen LogP contribution is 2.38. The van der Waals surface area contributed by atoms with Crippen LogP contribution in [-0.4, -0.2) is 37.7 Å². The van der Waals surface area contributed by atoms with E-state index in [1.807, 2.05) is 47.0 Å². The summed E-state index contributed by atoms with van der Waals surface area (Å²) in [5.41, 5.74) is 5.32. The number of hydrogen-bond donors (Lipinski definition) is 1. The average molecular weight is 489 g/mol. The Bertz CT molecular complexity index is 1140. The minimum absolute atomic E-state index is 0.104. The molecule has 0 bridgehead atoms. The molecule has 0 aromatic heterocycles. The molecule has 3 aromatic rings. The second-order valence-corrected chi connectivity index (χ2v) is 10.2. The maximum absolute atomic E-state index is 13.7. The molecule has 1 N–H and O–H groups in total. The number of methoxy groups -OCH3 is 1. The van der Waals surface area contributed by atoms with Crippen LogP contribution in [0.3, 0.4) is 0 Å². The van der Waals surface area contributed by atoms with Crippen LogP contribution in [0.25, 0.3) is 0 Å². The van der Waals surface area contributed by atoms with Gasteiger partial charge in [0.2, 0.25) is 0 Å². The van der Waals surface area contributed by atoms with Gasteiger partial charge in [0.05, 0.1) is 12.7 Å². The van der Waals surface area contributed by atoms with Gasteiger partial charge in [-0.3, -0.25) is 4.79 Å². The monoisotopic (exact) mass is 488 g/mol. The van der Waals surface area contributed by atoms with Gasteiger partial charge in [-0.05, 0) is 59.7 Å². The molecule has 3 aromatic carbocycles. The Balaban J connectivity index is 1.37. The zero-order valence-electron chi connectivity index (χ0n) is 20.2. The summed E-state index contributed by atoms with van der Waals surface area (Å²) in [6.07, 6.45) is 2.13. The van der Waals surface area contributed by atoms with Crippen LogP contribution in [0.2, 0.25) is 0 Å². The molecule has 0 aliphatic carbocycles. The van der Waals surface area contributed by atoms with Crippen molar-refractivity contribution in [2.24, 2.45) is 5.92 Å². The molecule has 1 fully saturated rings. The van der Waals surface area contributed by atoms with Crippen molar-refractivity contribution in [2.45, 2.75) is 36.6 Å². The van der Waals surface area contributed by atoms with Crippen molar-refractivity contribution in [1.82, 2.24) is 4.90 Å². The fourth-order valence-electron chi connectivity index (χ4n) is 4.75. The largest absolute Gasteiger partial charge is 0.497 e. The van der Waals surface area contributed by atoms with Crippen molar-refractivity contribution in [3.8, 4) is 5.75 Å². The van der Waals surface area contributed by atoms with Gasteiger partial charge in [-0.1, -0.05) is 42.5 Å². The van der Waals surface area contributed by atoms with Crippen LogP contribution in [0.5, 0.6) is 5.75 Å². The van der Waals surface area contributed by atoms with Crippen LogP contribution in [-0.2, 0) is 23.6 Å². The van der Waals surface area contributed by atoms with E-state index in [1.54, 1.807) is 7.11 Å². The third-order valence-corrected chi connectivity index (χ3v) is 7.98. The Morgan fingerprint density at radius 2 is 1.77 bits per heavy atom. The van der Waals surface area contributed by atoms with Crippen LogP contribution >= 0.6 is 11.8 Å². The second kappa shape index (κ2) is 11.2. The first-order valence-electron chi connectivity index (χ1n) is 12.3. The Kier molecular flexibility index (Phi) is 7.60. The van der Waals surface area contributed by atoms with Gasteiger partial charge in [0.1, 0.15) is 5.75 Å². The molecule has 0 spiro atoms. The SMILES string of the molecule is COc1ccc(CN2Cc3c(SCc4ccccc4)ccc(NCC4CCOCC4)c3C2=O)cc1. The lowest BCUT2D eigenvalue weighted by atomic mass is 10.00. The normalized spacial score (nSPS) is 15.8. The smallest absolute Gasteiger partial charge is 0.256 e. The summed E-state index contributed by atoms with van der Waals surface area (Å²) in [6, 6.07) is 22.7. The first-order chi connectivity index (χ1) is 17.2. The topological polar surface area (TPSA) is 50.8 Å². The van der Waals surface area contributed by atoms with E-state index >= 15 is 0 Å². The summed E-state index contributed by atoms with van der Waals surface area (Å²) < 4.78 is 10.8. The maximum Gasteiger partial charge on any atom is 0.256 e. The van der Waals surface area contributed by atoms with E-state index in [2.05, 4.69) is 41.7 Å². The van der Waals surface area contributed by atoms with Gasteiger partial charge in [-0.2, -0.15) is 0 Å². The van der Waals surface area contributed by atoms with Gasteiger partial charge in [0.25, 0.3) is 5.91 Å². The van der Waals surface area contributed by atoms with E-state index in [-0.39, 0.29) is 5.91 Å². The number of hydrogen-bond acceptors (Lipinski definition) is 5. The molecule has 2 aliphatic heterocycles. The number of carbonyl (C=O) groups excluding carboxylic acids is 1. The molecule has 2 heterocycles. The predicted octanol–water partition coefficient (Wildman–Crippen LogP) is 5.98. The predicted molar refractivity (Wildman–Crippen MR) is 141 cm³/mol. The molecule has 182 valence electrons. The van der Waals surface area contributed by atoms with E-state index in [9.17, 15) is 4.79 Å². The van der Waals surface area contributed by atoms with E-state index < -0.39 is 0 Å². The van der Waals surface area contributed by atoms with Crippen LogP contribution in [0.1, 0.15) is 39.9 Å². The van der Waals surface area contributed by atoms with Gasteiger partial charge in [-0.15, -0.1) is 11.8 Å². The lowest BCUT2D eigenvalue weighted by Crippen LogP contribution is -2.25. The highest BCUT2D eigenvalue weighted by molar-refractivity contribution is 7.98. The van der Waals surface area contributed by atoms with Gasteiger partial charge in [-0.25, -0.2) is 0 Å². The molecule has 0 unspecified atom stereocenters. The Labute approximate surface area is 211 Å². The highest BCUT2D eigenvalue weighted by Gasteiger charge is 2.32. The van der Waals surface area contributed by atoms with Gasteiger partial charge in [0, 0.05) is 49.2 Å². The molecule has 6 heteroatoms. The number of amides is 1. The van der Waals surface area contributed by atoms with Crippen molar-refractivity contribution >= 4 is 23.4 Å². The number of carbonyl (C=O) groups is 1. The van der Waals surface area contributed by atoms with Gasteiger partial charge < -0.3 is 19.7 Å². The van der Waals surface area contributed by atoms with Crippen molar-refractivity contribution in [1.29, 1.82) is 0 Å². The molecule has 0 radical (unpaired) electrons. The third kappa shape index (κ3) is 5.65. The quantitative estimate of drug-likeness (QED) is 0.376. The fraction of sp³-hybridized carbons (Fsp3) is 0.345. The van der Waals surface area contributed by atoms with Crippen LogP contribution < -0.4 is 10.1 Å². The zero-order chi connectivity index (χ0) is 24.0. The molecule has 1 saturated heterocycles. The van der Waals surface area contributed by atoms with E-state index in [4.69, 9.17) is 9.47 Å². The number of anilines is 1. The van der Waals surface area contributed by atoms with E-state index in [0.29, 0.717) is 19.0 Å². The average Bonchev–Trinajstić information content (AvgIpc) is 3.24. The molecular weight excluding hydrogens is 456 g/mol.